The van der Waals surface area contributed by atoms with Crippen molar-refractivity contribution in [3.63, 3.8) is 0 Å². The molecule has 0 amide bonds. The lowest BCUT2D eigenvalue weighted by Crippen LogP contribution is -2.42. The smallest absolute Gasteiger partial charge is 0.181 e. The molecule has 1 aromatic heterocycles. The van der Waals surface area contributed by atoms with Crippen LogP contribution in [-0.2, 0) is 4.99 Å². The molecule has 7 heteroatoms. The van der Waals surface area contributed by atoms with Gasteiger partial charge < -0.3 is 4.98 Å². The van der Waals surface area contributed by atoms with Gasteiger partial charge in [0.25, 0.3) is 0 Å². The van der Waals surface area contributed by atoms with Crippen molar-refractivity contribution in [2.75, 3.05) is 0 Å². The number of imidazole rings is 1. The molecule has 4 N–H and O–H groups in total. The third-order valence-corrected chi connectivity index (χ3v) is 7.26. The average molecular weight is 432 g/mol. The lowest BCUT2D eigenvalue weighted by Gasteiger charge is -2.23. The highest BCUT2D eigenvalue weighted by molar-refractivity contribution is 8.15. The van der Waals surface area contributed by atoms with Crippen LogP contribution < -0.4 is 11.2 Å². The lowest BCUT2D eigenvalue weighted by atomic mass is 10.1. The summed E-state index contributed by atoms with van der Waals surface area (Å²) in [5.41, 5.74) is 14.0. The first-order chi connectivity index (χ1) is 14.7. The zero-order chi connectivity index (χ0) is 20.4. The van der Waals surface area contributed by atoms with E-state index in [0.29, 0.717) is 0 Å². The van der Waals surface area contributed by atoms with Gasteiger partial charge in [-0.05, 0) is 17.7 Å². The van der Waals surface area contributed by atoms with Crippen molar-refractivity contribution in [1.29, 1.82) is 0 Å². The molecule has 150 valence electrons. The number of H-pyrrole nitrogens is 1. The van der Waals surface area contributed by atoms with Crippen LogP contribution in [0.4, 0.5) is 0 Å². The molecule has 0 radical (unpaired) electrons. The number of aromatic nitrogens is 2. The van der Waals surface area contributed by atoms with E-state index in [4.69, 9.17) is 10.7 Å². The Morgan fingerprint density at radius 3 is 2.40 bits per heavy atom. The Morgan fingerprint density at radius 1 is 0.933 bits per heavy atom. The van der Waals surface area contributed by atoms with E-state index in [1.54, 1.807) is 23.5 Å². The molecule has 0 saturated carbocycles. The number of aromatic amines is 1. The van der Waals surface area contributed by atoms with E-state index in [1.807, 2.05) is 60.7 Å². The van der Waals surface area contributed by atoms with Crippen molar-refractivity contribution < 1.29 is 0 Å². The Hall–Kier alpha value is -2.74. The Bertz CT molecular complexity index is 1140. The van der Waals surface area contributed by atoms with Gasteiger partial charge in [0.05, 0.1) is 16.1 Å². The highest BCUT2D eigenvalue weighted by atomic mass is 32.2. The Kier molecular flexibility index (Phi) is 5.25. The normalized spacial score (nSPS) is 19.4. The number of fused-ring (bicyclic) bond motifs is 1. The molecule has 0 bridgehead atoms. The van der Waals surface area contributed by atoms with E-state index in [9.17, 15) is 0 Å². The van der Waals surface area contributed by atoms with Crippen molar-refractivity contribution in [2.24, 2.45) is 10.8 Å². The SMILES string of the molecule is NC1(c2ccccc2)NN=C(CC(Sc2nc3ccccc3[nH]2)c2ccccc2)S1. The number of rotatable bonds is 6. The highest BCUT2D eigenvalue weighted by Gasteiger charge is 2.35. The maximum atomic E-state index is 6.60. The van der Waals surface area contributed by atoms with Gasteiger partial charge in [-0.15, -0.1) is 0 Å². The second kappa shape index (κ2) is 8.18. The minimum absolute atomic E-state index is 0.165. The maximum Gasteiger partial charge on any atom is 0.181 e. The van der Waals surface area contributed by atoms with Crippen molar-refractivity contribution in [3.05, 3.63) is 96.1 Å². The number of hydrogen-bond acceptors (Lipinski definition) is 6. The fourth-order valence-corrected chi connectivity index (χ4v) is 5.73. The summed E-state index contributed by atoms with van der Waals surface area (Å²) in [4.78, 5) is 7.44. The van der Waals surface area contributed by atoms with Crippen LogP contribution in [0.1, 0.15) is 22.8 Å². The van der Waals surface area contributed by atoms with Gasteiger partial charge in [0, 0.05) is 17.2 Å². The molecule has 0 spiro atoms. The van der Waals surface area contributed by atoms with Gasteiger partial charge in [-0.25, -0.2) is 4.98 Å². The fraction of sp³-hybridized carbons (Fsp3) is 0.130. The number of nitrogens with one attached hydrogen (secondary N) is 2. The molecule has 0 fully saturated rings. The quantitative estimate of drug-likeness (QED) is 0.366. The lowest BCUT2D eigenvalue weighted by molar-refractivity contribution is 0.535. The summed E-state index contributed by atoms with van der Waals surface area (Å²) in [7, 11) is 0. The molecule has 4 aromatic rings. The molecule has 2 atom stereocenters. The van der Waals surface area contributed by atoms with Crippen LogP contribution in [0.5, 0.6) is 0 Å². The molecule has 1 aliphatic heterocycles. The van der Waals surface area contributed by atoms with Crippen molar-refractivity contribution >= 4 is 39.6 Å². The second-order valence-electron chi connectivity index (χ2n) is 7.10. The summed E-state index contributed by atoms with van der Waals surface area (Å²) in [5, 5.41) is 6.63. The van der Waals surface area contributed by atoms with Gasteiger partial charge in [-0.3, -0.25) is 11.2 Å². The first-order valence-electron chi connectivity index (χ1n) is 9.73. The third kappa shape index (κ3) is 3.96. The number of thioether (sulfide) groups is 2. The monoisotopic (exact) mass is 431 g/mol. The van der Waals surface area contributed by atoms with Gasteiger partial charge in [0.15, 0.2) is 10.2 Å². The Labute approximate surface area is 183 Å². The van der Waals surface area contributed by atoms with Gasteiger partial charge in [0.1, 0.15) is 0 Å². The largest absolute Gasteiger partial charge is 0.333 e. The fourth-order valence-electron chi connectivity index (χ4n) is 3.45. The van der Waals surface area contributed by atoms with E-state index >= 15 is 0 Å². The molecule has 5 rings (SSSR count). The average Bonchev–Trinajstić information content (AvgIpc) is 3.38. The number of para-hydroxylation sites is 2. The van der Waals surface area contributed by atoms with Crippen LogP contribution in [0.3, 0.4) is 0 Å². The third-order valence-electron chi connectivity index (χ3n) is 4.98. The summed E-state index contributed by atoms with van der Waals surface area (Å²) in [6, 6.07) is 28.6. The second-order valence-corrected chi connectivity index (χ2v) is 9.61. The van der Waals surface area contributed by atoms with Crippen LogP contribution in [-0.4, -0.2) is 15.0 Å². The van der Waals surface area contributed by atoms with Gasteiger partial charge in [0.2, 0.25) is 0 Å². The molecule has 0 aliphatic carbocycles. The zero-order valence-corrected chi connectivity index (χ0v) is 17.8. The molecule has 2 unspecified atom stereocenters. The van der Waals surface area contributed by atoms with E-state index in [2.05, 4.69) is 39.8 Å². The van der Waals surface area contributed by atoms with E-state index < -0.39 is 4.99 Å². The predicted octanol–water partition coefficient (Wildman–Crippen LogP) is 5.21. The molecule has 0 saturated heterocycles. The van der Waals surface area contributed by atoms with Crippen molar-refractivity contribution in [3.8, 4) is 0 Å². The summed E-state index contributed by atoms with van der Waals surface area (Å²) < 4.78 is 0. The molecular weight excluding hydrogens is 410 g/mol. The first kappa shape index (κ1) is 19.2. The van der Waals surface area contributed by atoms with E-state index in [0.717, 1.165) is 33.2 Å². The number of nitrogens with two attached hydrogens (primary N) is 1. The van der Waals surface area contributed by atoms with Crippen LogP contribution >= 0.6 is 23.5 Å². The number of benzene rings is 3. The molecule has 30 heavy (non-hydrogen) atoms. The molecule has 5 nitrogen and oxygen atoms in total. The number of nitrogens with zero attached hydrogens (tertiary/aromatic N) is 2. The summed E-state index contributed by atoms with van der Waals surface area (Å²) in [5.74, 6) is 0. The first-order valence-corrected chi connectivity index (χ1v) is 11.4. The summed E-state index contributed by atoms with van der Waals surface area (Å²) in [6.45, 7) is 0. The van der Waals surface area contributed by atoms with Crippen LogP contribution in [0, 0.1) is 0 Å². The van der Waals surface area contributed by atoms with Crippen LogP contribution in [0.2, 0.25) is 0 Å². The van der Waals surface area contributed by atoms with E-state index in [-0.39, 0.29) is 5.25 Å². The van der Waals surface area contributed by atoms with Crippen LogP contribution in [0.15, 0.2) is 95.2 Å². The Morgan fingerprint density at radius 2 is 1.63 bits per heavy atom. The number of hydrazone groups is 1. The highest BCUT2D eigenvalue weighted by Crippen LogP contribution is 2.42. The molecule has 1 aliphatic rings. The molecular formula is C23H21N5S2. The van der Waals surface area contributed by atoms with Crippen LogP contribution in [0.25, 0.3) is 11.0 Å². The predicted molar refractivity (Wildman–Crippen MR) is 126 cm³/mol. The summed E-state index contributed by atoms with van der Waals surface area (Å²) >= 11 is 3.30. The minimum atomic E-state index is -0.734. The van der Waals surface area contributed by atoms with Crippen molar-refractivity contribution in [1.82, 2.24) is 15.4 Å². The van der Waals surface area contributed by atoms with Crippen molar-refractivity contribution in [2.45, 2.75) is 21.8 Å². The van der Waals surface area contributed by atoms with E-state index in [1.165, 1.54) is 5.56 Å². The Balaban J connectivity index is 1.38. The number of hydrogen-bond donors (Lipinski definition) is 3. The topological polar surface area (TPSA) is 79.1 Å². The minimum Gasteiger partial charge on any atom is -0.333 e. The zero-order valence-electron chi connectivity index (χ0n) is 16.2. The molecule has 2 heterocycles. The maximum absolute atomic E-state index is 6.60. The summed E-state index contributed by atoms with van der Waals surface area (Å²) in [6.07, 6.45) is 0.759. The van der Waals surface area contributed by atoms with Gasteiger partial charge >= 0.3 is 0 Å². The standard InChI is InChI=1S/C23H21N5S2/c24-23(17-11-5-2-6-12-17)28-27-21(30-23)15-20(16-9-3-1-4-10-16)29-22-25-18-13-7-8-14-19(18)26-22/h1-14,20,28H,15,24H2,(H,25,26). The van der Waals surface area contributed by atoms with Gasteiger partial charge in [-0.2, -0.15) is 5.10 Å². The molecule has 3 aromatic carbocycles. The van der Waals surface area contributed by atoms with Gasteiger partial charge in [-0.1, -0.05) is 96.3 Å².